The Labute approximate surface area is 150 Å². The maximum Gasteiger partial charge on any atom is 0.129 e. The van der Waals surface area contributed by atoms with Gasteiger partial charge >= 0.3 is 0 Å². The standard InChI is InChI=1S/C21H21F2NO2/c1-20(2)11-26-21(3,4)18-17-15(9-13(23)10-16(17)25)24(19(18)20)14-7-5-12(22)6-8-14/h5-10,25H,11H2,1-4H3. The molecule has 5 heteroatoms. The van der Waals surface area contributed by atoms with Gasteiger partial charge < -0.3 is 14.4 Å². The number of hydrogen-bond acceptors (Lipinski definition) is 2. The Morgan fingerprint density at radius 1 is 1.00 bits per heavy atom. The summed E-state index contributed by atoms with van der Waals surface area (Å²) in [6.45, 7) is 8.46. The fourth-order valence-electron chi connectivity index (χ4n) is 3.95. The molecule has 26 heavy (non-hydrogen) atoms. The fourth-order valence-corrected chi connectivity index (χ4v) is 3.95. The zero-order chi connectivity index (χ0) is 18.9. The van der Waals surface area contributed by atoms with E-state index in [-0.39, 0.29) is 17.0 Å². The second kappa shape index (κ2) is 5.30. The van der Waals surface area contributed by atoms with Crippen LogP contribution in [-0.2, 0) is 15.8 Å². The third kappa shape index (κ3) is 2.34. The van der Waals surface area contributed by atoms with E-state index in [4.69, 9.17) is 4.74 Å². The van der Waals surface area contributed by atoms with Crippen molar-refractivity contribution in [3.8, 4) is 11.4 Å². The lowest BCUT2D eigenvalue weighted by Gasteiger charge is -2.40. The van der Waals surface area contributed by atoms with Gasteiger partial charge in [0.05, 0.1) is 17.7 Å². The minimum Gasteiger partial charge on any atom is -0.507 e. The van der Waals surface area contributed by atoms with E-state index in [1.165, 1.54) is 18.2 Å². The van der Waals surface area contributed by atoms with Gasteiger partial charge in [0.25, 0.3) is 0 Å². The first-order valence-electron chi connectivity index (χ1n) is 8.59. The molecule has 2 aromatic carbocycles. The van der Waals surface area contributed by atoms with Crippen molar-refractivity contribution < 1.29 is 18.6 Å². The Bertz CT molecular complexity index is 1020. The van der Waals surface area contributed by atoms with E-state index >= 15 is 0 Å². The number of aromatic nitrogens is 1. The zero-order valence-corrected chi connectivity index (χ0v) is 15.2. The highest BCUT2D eigenvalue weighted by atomic mass is 19.1. The Morgan fingerprint density at radius 2 is 1.65 bits per heavy atom. The summed E-state index contributed by atoms with van der Waals surface area (Å²) in [5.41, 5.74) is 2.02. The Balaban J connectivity index is 2.22. The van der Waals surface area contributed by atoms with Gasteiger partial charge in [-0.05, 0) is 44.2 Å². The molecule has 0 saturated heterocycles. The quantitative estimate of drug-likeness (QED) is 0.653. The summed E-state index contributed by atoms with van der Waals surface area (Å²) in [7, 11) is 0. The molecule has 136 valence electrons. The van der Waals surface area contributed by atoms with Crippen molar-refractivity contribution >= 4 is 10.9 Å². The van der Waals surface area contributed by atoms with Crippen molar-refractivity contribution in [2.45, 2.75) is 38.7 Å². The Morgan fingerprint density at radius 3 is 2.31 bits per heavy atom. The van der Waals surface area contributed by atoms with E-state index in [0.717, 1.165) is 17.3 Å². The molecule has 0 atom stereocenters. The molecule has 0 radical (unpaired) electrons. The second-order valence-corrected chi connectivity index (χ2v) is 8.04. The van der Waals surface area contributed by atoms with Crippen LogP contribution < -0.4 is 0 Å². The first kappa shape index (κ1) is 17.0. The molecule has 0 fully saturated rings. The normalized spacial score (nSPS) is 18.1. The molecule has 1 aliphatic rings. The van der Waals surface area contributed by atoms with Crippen molar-refractivity contribution in [3.05, 3.63) is 59.3 Å². The minimum atomic E-state index is -0.649. The lowest BCUT2D eigenvalue weighted by molar-refractivity contribution is -0.0590. The molecule has 3 nitrogen and oxygen atoms in total. The molecular formula is C21H21F2NO2. The number of phenols is 1. The predicted octanol–water partition coefficient (Wildman–Crippen LogP) is 5.16. The van der Waals surface area contributed by atoms with E-state index in [1.54, 1.807) is 12.1 Å². The second-order valence-electron chi connectivity index (χ2n) is 8.04. The first-order chi connectivity index (χ1) is 12.1. The van der Waals surface area contributed by atoms with Crippen molar-refractivity contribution in [1.29, 1.82) is 0 Å². The minimum absolute atomic E-state index is 0.119. The molecule has 4 rings (SSSR count). The lowest BCUT2D eigenvalue weighted by atomic mass is 9.79. The van der Waals surface area contributed by atoms with Crippen LogP contribution in [0.3, 0.4) is 0 Å². The van der Waals surface area contributed by atoms with E-state index in [1.807, 2.05) is 32.3 Å². The smallest absolute Gasteiger partial charge is 0.129 e. The number of nitrogens with zero attached hydrogens (tertiary/aromatic N) is 1. The summed E-state index contributed by atoms with van der Waals surface area (Å²) >= 11 is 0. The van der Waals surface area contributed by atoms with Crippen molar-refractivity contribution in [2.24, 2.45) is 0 Å². The molecule has 0 bridgehead atoms. The number of aromatic hydroxyl groups is 1. The first-order valence-corrected chi connectivity index (χ1v) is 8.59. The van der Waals surface area contributed by atoms with E-state index in [2.05, 4.69) is 0 Å². The largest absolute Gasteiger partial charge is 0.507 e. The van der Waals surface area contributed by atoms with Gasteiger partial charge in [0, 0.05) is 33.8 Å². The molecule has 3 aromatic rings. The van der Waals surface area contributed by atoms with Crippen LogP contribution >= 0.6 is 0 Å². The van der Waals surface area contributed by atoms with Gasteiger partial charge in [-0.15, -0.1) is 0 Å². The van der Waals surface area contributed by atoms with Gasteiger partial charge in [-0.25, -0.2) is 8.78 Å². The molecule has 0 amide bonds. The van der Waals surface area contributed by atoms with Crippen LogP contribution in [0, 0.1) is 11.6 Å². The highest BCUT2D eigenvalue weighted by Gasteiger charge is 2.44. The average Bonchev–Trinajstić information content (AvgIpc) is 2.90. The third-order valence-electron chi connectivity index (χ3n) is 5.13. The molecule has 1 aromatic heterocycles. The average molecular weight is 357 g/mol. The van der Waals surface area contributed by atoms with Crippen LogP contribution in [0.4, 0.5) is 8.78 Å². The van der Waals surface area contributed by atoms with Gasteiger partial charge in [0.2, 0.25) is 0 Å². The number of fused-ring (bicyclic) bond motifs is 3. The maximum absolute atomic E-state index is 14.1. The number of ether oxygens (including phenoxy) is 1. The molecule has 1 aliphatic heterocycles. The van der Waals surface area contributed by atoms with Crippen LogP contribution in [0.15, 0.2) is 36.4 Å². The van der Waals surface area contributed by atoms with Crippen molar-refractivity contribution in [1.82, 2.24) is 4.57 Å². The number of phenolic OH excluding ortho intramolecular Hbond substituents is 1. The van der Waals surface area contributed by atoms with E-state index < -0.39 is 11.4 Å². The van der Waals surface area contributed by atoms with Crippen LogP contribution in [0.25, 0.3) is 16.6 Å². The lowest BCUT2D eigenvalue weighted by Crippen LogP contribution is -2.40. The van der Waals surface area contributed by atoms with Gasteiger partial charge in [-0.1, -0.05) is 13.8 Å². The predicted molar refractivity (Wildman–Crippen MR) is 96.9 cm³/mol. The SMILES string of the molecule is CC1(C)COC(C)(C)c2c1n(-c1ccc(F)cc1)c1cc(F)cc(O)c21. The molecule has 0 aliphatic carbocycles. The Kier molecular flexibility index (Phi) is 3.47. The number of benzene rings is 2. The Hall–Kier alpha value is -2.40. The highest BCUT2D eigenvalue weighted by Crippen LogP contribution is 2.49. The summed E-state index contributed by atoms with van der Waals surface area (Å²) in [5, 5.41) is 11.1. The van der Waals surface area contributed by atoms with Crippen molar-refractivity contribution in [3.63, 3.8) is 0 Å². The summed E-state index contributed by atoms with van der Waals surface area (Å²) < 4.78 is 35.6. The van der Waals surface area contributed by atoms with Crippen LogP contribution in [0.1, 0.15) is 39.0 Å². The van der Waals surface area contributed by atoms with Crippen LogP contribution in [0.2, 0.25) is 0 Å². The van der Waals surface area contributed by atoms with E-state index in [9.17, 15) is 13.9 Å². The zero-order valence-electron chi connectivity index (χ0n) is 15.2. The molecule has 2 heterocycles. The van der Waals surface area contributed by atoms with E-state index in [0.29, 0.717) is 23.2 Å². The molecule has 1 N–H and O–H groups in total. The van der Waals surface area contributed by atoms with Gasteiger partial charge in [-0.3, -0.25) is 0 Å². The number of rotatable bonds is 1. The molecular weight excluding hydrogens is 336 g/mol. The number of halogens is 2. The third-order valence-corrected chi connectivity index (χ3v) is 5.13. The molecule has 0 unspecified atom stereocenters. The summed E-state index contributed by atoms with van der Waals surface area (Å²) in [5.74, 6) is -0.979. The summed E-state index contributed by atoms with van der Waals surface area (Å²) in [4.78, 5) is 0. The fraction of sp³-hybridized carbons (Fsp3) is 0.333. The van der Waals surface area contributed by atoms with Gasteiger partial charge in [-0.2, -0.15) is 0 Å². The molecule has 0 saturated carbocycles. The number of hydrogen-bond donors (Lipinski definition) is 1. The monoisotopic (exact) mass is 357 g/mol. The van der Waals surface area contributed by atoms with Crippen LogP contribution in [0.5, 0.6) is 5.75 Å². The maximum atomic E-state index is 14.1. The van der Waals surface area contributed by atoms with Crippen LogP contribution in [-0.4, -0.2) is 16.3 Å². The highest BCUT2D eigenvalue weighted by molar-refractivity contribution is 5.94. The summed E-state index contributed by atoms with van der Waals surface area (Å²) in [6, 6.07) is 8.61. The summed E-state index contributed by atoms with van der Waals surface area (Å²) in [6.07, 6.45) is 0. The topological polar surface area (TPSA) is 34.4 Å². The van der Waals surface area contributed by atoms with Crippen molar-refractivity contribution in [2.75, 3.05) is 6.61 Å². The van der Waals surface area contributed by atoms with Gasteiger partial charge in [0.15, 0.2) is 0 Å². The molecule has 0 spiro atoms. The van der Waals surface area contributed by atoms with Gasteiger partial charge in [0.1, 0.15) is 17.4 Å².